The van der Waals surface area contributed by atoms with Crippen molar-refractivity contribution in [3.63, 3.8) is 0 Å². The van der Waals surface area contributed by atoms with E-state index in [0.29, 0.717) is 5.02 Å². The summed E-state index contributed by atoms with van der Waals surface area (Å²) in [7, 11) is 0. The molecule has 1 aromatic heterocycles. The molecule has 1 atom stereocenters. The Bertz CT molecular complexity index is 497. The van der Waals surface area contributed by atoms with Crippen LogP contribution in [0.15, 0.2) is 52.5 Å². The SMILES string of the molecule is CC(N)c1ccc(Sc2ncccc2Cl)cc1. The van der Waals surface area contributed by atoms with Gasteiger partial charge in [0, 0.05) is 17.1 Å². The Labute approximate surface area is 110 Å². The van der Waals surface area contributed by atoms with Gasteiger partial charge in [-0.05, 0) is 36.8 Å². The van der Waals surface area contributed by atoms with Crippen molar-refractivity contribution in [2.75, 3.05) is 0 Å². The number of pyridine rings is 1. The molecule has 2 N–H and O–H groups in total. The molecule has 0 saturated heterocycles. The van der Waals surface area contributed by atoms with Crippen LogP contribution in [0, 0.1) is 0 Å². The first-order chi connectivity index (χ1) is 8.16. The van der Waals surface area contributed by atoms with Crippen LogP contribution in [-0.2, 0) is 0 Å². The summed E-state index contributed by atoms with van der Waals surface area (Å²) in [6.45, 7) is 1.97. The molecule has 0 aliphatic carbocycles. The molecule has 0 aliphatic heterocycles. The third-order valence-corrected chi connectivity index (χ3v) is 3.79. The first kappa shape index (κ1) is 12.4. The van der Waals surface area contributed by atoms with Gasteiger partial charge in [-0.15, -0.1) is 0 Å². The molecule has 1 heterocycles. The molecule has 0 saturated carbocycles. The van der Waals surface area contributed by atoms with Crippen molar-refractivity contribution in [1.29, 1.82) is 0 Å². The van der Waals surface area contributed by atoms with E-state index in [1.54, 1.807) is 18.0 Å². The van der Waals surface area contributed by atoms with Gasteiger partial charge in [0.2, 0.25) is 0 Å². The van der Waals surface area contributed by atoms with E-state index in [9.17, 15) is 0 Å². The predicted molar refractivity (Wildman–Crippen MR) is 72.4 cm³/mol. The number of aromatic nitrogens is 1. The Morgan fingerprint density at radius 3 is 2.53 bits per heavy atom. The Kier molecular flexibility index (Phi) is 4.05. The number of nitrogens with zero attached hydrogens (tertiary/aromatic N) is 1. The van der Waals surface area contributed by atoms with Crippen molar-refractivity contribution < 1.29 is 0 Å². The van der Waals surface area contributed by atoms with E-state index < -0.39 is 0 Å². The fraction of sp³-hybridized carbons (Fsp3) is 0.154. The second-order valence-corrected chi connectivity index (χ2v) is 5.22. The minimum Gasteiger partial charge on any atom is -0.324 e. The van der Waals surface area contributed by atoms with Gasteiger partial charge in [0.05, 0.1) is 5.02 Å². The van der Waals surface area contributed by atoms with Crippen LogP contribution in [0.25, 0.3) is 0 Å². The van der Waals surface area contributed by atoms with Crippen molar-refractivity contribution in [2.24, 2.45) is 5.73 Å². The fourth-order valence-corrected chi connectivity index (χ4v) is 2.41. The molecule has 0 bridgehead atoms. The average molecular weight is 265 g/mol. The largest absolute Gasteiger partial charge is 0.324 e. The summed E-state index contributed by atoms with van der Waals surface area (Å²) in [5.74, 6) is 0. The second-order valence-electron chi connectivity index (χ2n) is 3.75. The maximum atomic E-state index is 6.05. The van der Waals surface area contributed by atoms with Crippen LogP contribution in [0.4, 0.5) is 0 Å². The van der Waals surface area contributed by atoms with Gasteiger partial charge in [-0.3, -0.25) is 0 Å². The minimum atomic E-state index is 0.0625. The van der Waals surface area contributed by atoms with Crippen LogP contribution in [0.2, 0.25) is 5.02 Å². The van der Waals surface area contributed by atoms with Crippen molar-refractivity contribution in [3.8, 4) is 0 Å². The first-order valence-corrected chi connectivity index (χ1v) is 6.50. The Morgan fingerprint density at radius 1 is 1.24 bits per heavy atom. The van der Waals surface area contributed by atoms with Gasteiger partial charge in [0.15, 0.2) is 0 Å². The lowest BCUT2D eigenvalue weighted by Crippen LogP contribution is -2.04. The quantitative estimate of drug-likeness (QED) is 0.914. The summed E-state index contributed by atoms with van der Waals surface area (Å²) in [5, 5.41) is 1.50. The van der Waals surface area contributed by atoms with Crippen LogP contribution >= 0.6 is 23.4 Å². The maximum Gasteiger partial charge on any atom is 0.119 e. The zero-order valence-corrected chi connectivity index (χ0v) is 11.0. The highest BCUT2D eigenvalue weighted by Crippen LogP contribution is 2.31. The van der Waals surface area contributed by atoms with E-state index in [1.165, 1.54) is 0 Å². The van der Waals surface area contributed by atoms with Gasteiger partial charge < -0.3 is 5.73 Å². The Morgan fingerprint density at radius 2 is 1.94 bits per heavy atom. The predicted octanol–water partition coefficient (Wildman–Crippen LogP) is 3.91. The number of halogens is 1. The van der Waals surface area contributed by atoms with Gasteiger partial charge in [-0.25, -0.2) is 4.98 Å². The lowest BCUT2D eigenvalue weighted by molar-refractivity contribution is 0.817. The third kappa shape index (κ3) is 3.22. The van der Waals surface area contributed by atoms with E-state index in [4.69, 9.17) is 17.3 Å². The molecule has 17 heavy (non-hydrogen) atoms. The Balaban J connectivity index is 2.17. The van der Waals surface area contributed by atoms with Crippen molar-refractivity contribution in [3.05, 3.63) is 53.2 Å². The van der Waals surface area contributed by atoms with E-state index in [1.807, 2.05) is 43.3 Å². The summed E-state index contributed by atoms with van der Waals surface area (Å²) in [6, 6.07) is 11.9. The average Bonchev–Trinajstić information content (AvgIpc) is 2.33. The third-order valence-electron chi connectivity index (χ3n) is 2.35. The zero-order valence-electron chi connectivity index (χ0n) is 9.43. The lowest BCUT2D eigenvalue weighted by Gasteiger charge is -2.07. The molecule has 2 rings (SSSR count). The normalized spacial score (nSPS) is 12.4. The summed E-state index contributed by atoms with van der Waals surface area (Å²) in [5.41, 5.74) is 6.93. The van der Waals surface area contributed by atoms with Crippen molar-refractivity contribution in [1.82, 2.24) is 4.98 Å². The summed E-state index contributed by atoms with van der Waals surface area (Å²) in [4.78, 5) is 5.34. The van der Waals surface area contributed by atoms with E-state index in [2.05, 4.69) is 4.98 Å². The van der Waals surface area contributed by atoms with E-state index in [-0.39, 0.29) is 6.04 Å². The zero-order chi connectivity index (χ0) is 12.3. The standard InChI is InChI=1S/C13H13ClN2S/c1-9(15)10-4-6-11(7-5-10)17-13-12(14)3-2-8-16-13/h2-9H,15H2,1H3. The Hall–Kier alpha value is -1.03. The highest BCUT2D eigenvalue weighted by molar-refractivity contribution is 7.99. The van der Waals surface area contributed by atoms with E-state index in [0.717, 1.165) is 15.5 Å². The topological polar surface area (TPSA) is 38.9 Å². The maximum absolute atomic E-state index is 6.05. The van der Waals surface area contributed by atoms with Gasteiger partial charge in [0.25, 0.3) is 0 Å². The lowest BCUT2D eigenvalue weighted by atomic mass is 10.1. The molecule has 0 radical (unpaired) electrons. The van der Waals surface area contributed by atoms with Crippen LogP contribution in [-0.4, -0.2) is 4.98 Å². The van der Waals surface area contributed by atoms with Gasteiger partial charge in [0.1, 0.15) is 5.03 Å². The number of hydrogen-bond acceptors (Lipinski definition) is 3. The second kappa shape index (κ2) is 5.54. The molecule has 2 nitrogen and oxygen atoms in total. The van der Waals surface area contributed by atoms with E-state index >= 15 is 0 Å². The number of benzene rings is 1. The van der Waals surface area contributed by atoms with Crippen molar-refractivity contribution >= 4 is 23.4 Å². The number of rotatable bonds is 3. The van der Waals surface area contributed by atoms with Crippen molar-refractivity contribution in [2.45, 2.75) is 22.9 Å². The number of hydrogen-bond donors (Lipinski definition) is 1. The molecule has 0 spiro atoms. The van der Waals surface area contributed by atoms with Gasteiger partial charge in [-0.2, -0.15) is 0 Å². The molecular formula is C13H13ClN2S. The molecule has 0 amide bonds. The molecule has 1 aromatic carbocycles. The molecule has 0 aliphatic rings. The summed E-state index contributed by atoms with van der Waals surface area (Å²) < 4.78 is 0. The fourth-order valence-electron chi connectivity index (χ4n) is 1.40. The minimum absolute atomic E-state index is 0.0625. The highest BCUT2D eigenvalue weighted by atomic mass is 35.5. The van der Waals surface area contributed by atoms with Gasteiger partial charge in [-0.1, -0.05) is 35.5 Å². The molecule has 88 valence electrons. The van der Waals surface area contributed by atoms with Crippen LogP contribution in [0.5, 0.6) is 0 Å². The summed E-state index contributed by atoms with van der Waals surface area (Å²) in [6.07, 6.45) is 1.74. The smallest absolute Gasteiger partial charge is 0.119 e. The molecule has 1 unspecified atom stereocenters. The summed E-state index contributed by atoms with van der Waals surface area (Å²) >= 11 is 7.60. The van der Waals surface area contributed by atoms with Crippen LogP contribution < -0.4 is 5.73 Å². The van der Waals surface area contributed by atoms with Crippen LogP contribution in [0.3, 0.4) is 0 Å². The first-order valence-electron chi connectivity index (χ1n) is 5.31. The number of nitrogens with two attached hydrogens (primary N) is 1. The van der Waals surface area contributed by atoms with Gasteiger partial charge >= 0.3 is 0 Å². The molecule has 4 heteroatoms. The highest BCUT2D eigenvalue weighted by Gasteiger charge is 2.04. The molecule has 2 aromatic rings. The van der Waals surface area contributed by atoms with Crippen LogP contribution in [0.1, 0.15) is 18.5 Å². The molecule has 0 fully saturated rings. The monoisotopic (exact) mass is 264 g/mol. The molecular weight excluding hydrogens is 252 g/mol.